The highest BCUT2D eigenvalue weighted by molar-refractivity contribution is 9.10. The Morgan fingerprint density at radius 2 is 2.25 bits per heavy atom. The van der Waals surface area contributed by atoms with E-state index in [1.165, 1.54) is 30.1 Å². The van der Waals surface area contributed by atoms with Gasteiger partial charge in [0.15, 0.2) is 0 Å². The van der Waals surface area contributed by atoms with E-state index in [1.54, 1.807) is 6.07 Å². The van der Waals surface area contributed by atoms with E-state index in [0.29, 0.717) is 4.47 Å². The Morgan fingerprint density at radius 1 is 1.55 bits per heavy atom. The van der Waals surface area contributed by atoms with Crippen LogP contribution in [0.3, 0.4) is 0 Å². The number of halogens is 1. The SMILES string of the molecule is Cn1cc([N+](=O)[O-])c(Oc2ccc(Br)cc2C(=O)O)n1. The molecule has 2 aromatic rings. The molecule has 0 radical (unpaired) electrons. The molecule has 0 aliphatic heterocycles. The average Bonchev–Trinajstić information content (AvgIpc) is 2.72. The normalized spacial score (nSPS) is 10.3. The van der Waals surface area contributed by atoms with Crippen molar-refractivity contribution in [2.75, 3.05) is 0 Å². The molecule has 104 valence electrons. The van der Waals surface area contributed by atoms with Gasteiger partial charge in [-0.1, -0.05) is 15.9 Å². The number of carboxylic acid groups (broad SMARTS) is 1. The second kappa shape index (κ2) is 5.29. The van der Waals surface area contributed by atoms with Gasteiger partial charge in [-0.15, -0.1) is 5.10 Å². The quantitative estimate of drug-likeness (QED) is 0.676. The van der Waals surface area contributed by atoms with Crippen molar-refractivity contribution in [3.8, 4) is 11.6 Å². The number of carbonyl (C=O) groups is 1. The van der Waals surface area contributed by atoms with Crippen LogP contribution in [0.2, 0.25) is 0 Å². The number of ether oxygens (including phenoxy) is 1. The minimum atomic E-state index is -1.21. The Labute approximate surface area is 120 Å². The first-order chi connectivity index (χ1) is 9.38. The van der Waals surface area contributed by atoms with Crippen molar-refractivity contribution >= 4 is 27.6 Å². The summed E-state index contributed by atoms with van der Waals surface area (Å²) in [5.41, 5.74) is -0.467. The van der Waals surface area contributed by atoms with E-state index < -0.39 is 10.9 Å². The lowest BCUT2D eigenvalue weighted by atomic mass is 10.2. The number of hydrogen-bond acceptors (Lipinski definition) is 5. The maximum absolute atomic E-state index is 11.1. The zero-order chi connectivity index (χ0) is 14.9. The molecule has 0 unspecified atom stereocenters. The summed E-state index contributed by atoms with van der Waals surface area (Å²) in [4.78, 5) is 21.3. The van der Waals surface area contributed by atoms with Gasteiger partial charge in [0.05, 0.1) is 4.92 Å². The van der Waals surface area contributed by atoms with Crippen LogP contribution in [0.1, 0.15) is 10.4 Å². The molecule has 0 aliphatic rings. The fourth-order valence-electron chi connectivity index (χ4n) is 1.52. The van der Waals surface area contributed by atoms with Crippen LogP contribution in [-0.4, -0.2) is 25.8 Å². The molecule has 0 bridgehead atoms. The Bertz CT molecular complexity index is 697. The Hall–Kier alpha value is -2.42. The van der Waals surface area contributed by atoms with Crippen LogP contribution in [0.5, 0.6) is 11.6 Å². The van der Waals surface area contributed by atoms with Crippen LogP contribution in [0, 0.1) is 10.1 Å². The molecule has 1 N–H and O–H groups in total. The maximum Gasteiger partial charge on any atom is 0.350 e. The third kappa shape index (κ3) is 2.77. The third-order valence-electron chi connectivity index (χ3n) is 2.35. The van der Waals surface area contributed by atoms with Crippen molar-refractivity contribution in [2.45, 2.75) is 0 Å². The monoisotopic (exact) mass is 341 g/mol. The van der Waals surface area contributed by atoms with Crippen molar-refractivity contribution in [3.05, 3.63) is 44.5 Å². The molecule has 0 saturated carbocycles. The summed E-state index contributed by atoms with van der Waals surface area (Å²) < 4.78 is 7.03. The van der Waals surface area contributed by atoms with Gasteiger partial charge in [-0.25, -0.2) is 4.79 Å². The van der Waals surface area contributed by atoms with Gasteiger partial charge in [-0.05, 0) is 18.2 Å². The lowest BCUT2D eigenvalue weighted by Gasteiger charge is -2.06. The van der Waals surface area contributed by atoms with E-state index in [-0.39, 0.29) is 22.9 Å². The van der Waals surface area contributed by atoms with Crippen molar-refractivity contribution in [2.24, 2.45) is 7.05 Å². The highest BCUT2D eigenvalue weighted by Gasteiger charge is 2.23. The second-order valence-electron chi connectivity index (χ2n) is 3.80. The molecular weight excluding hydrogens is 334 g/mol. The van der Waals surface area contributed by atoms with Crippen LogP contribution in [0.15, 0.2) is 28.9 Å². The largest absolute Gasteiger partial charge is 0.478 e. The number of aryl methyl sites for hydroxylation is 1. The second-order valence-corrected chi connectivity index (χ2v) is 4.71. The number of carboxylic acids is 1. The first kappa shape index (κ1) is 14.0. The van der Waals surface area contributed by atoms with E-state index in [9.17, 15) is 14.9 Å². The summed E-state index contributed by atoms with van der Waals surface area (Å²) >= 11 is 3.14. The van der Waals surface area contributed by atoms with Crippen LogP contribution >= 0.6 is 15.9 Å². The predicted molar refractivity (Wildman–Crippen MR) is 71.0 cm³/mol. The Kier molecular flexibility index (Phi) is 3.70. The molecule has 2 rings (SSSR count). The predicted octanol–water partition coefficient (Wildman–Crippen LogP) is 2.58. The van der Waals surface area contributed by atoms with Gasteiger partial charge in [0, 0.05) is 11.5 Å². The van der Waals surface area contributed by atoms with E-state index in [2.05, 4.69) is 21.0 Å². The maximum atomic E-state index is 11.1. The molecule has 1 aromatic heterocycles. The number of nitrogens with zero attached hydrogens (tertiary/aromatic N) is 3. The van der Waals surface area contributed by atoms with Gasteiger partial charge in [-0.3, -0.25) is 14.8 Å². The zero-order valence-corrected chi connectivity index (χ0v) is 11.7. The summed E-state index contributed by atoms with van der Waals surface area (Å²) in [5.74, 6) is -1.50. The molecule has 0 amide bonds. The number of benzene rings is 1. The molecule has 20 heavy (non-hydrogen) atoms. The third-order valence-corrected chi connectivity index (χ3v) is 2.85. The number of rotatable bonds is 4. The molecule has 0 aliphatic carbocycles. The van der Waals surface area contributed by atoms with Crippen LogP contribution in [0.4, 0.5) is 5.69 Å². The highest BCUT2D eigenvalue weighted by Crippen LogP contribution is 2.32. The van der Waals surface area contributed by atoms with E-state index in [1.807, 2.05) is 0 Å². The highest BCUT2D eigenvalue weighted by atomic mass is 79.9. The smallest absolute Gasteiger partial charge is 0.350 e. The fourth-order valence-corrected chi connectivity index (χ4v) is 1.88. The first-order valence-corrected chi connectivity index (χ1v) is 6.06. The standard InChI is InChI=1S/C11H8BrN3O5/c1-14-5-8(15(18)19)10(13-14)20-9-3-2-6(12)4-7(9)11(16)17/h2-5H,1H3,(H,16,17). The van der Waals surface area contributed by atoms with Crippen molar-refractivity contribution < 1.29 is 19.6 Å². The molecule has 8 nitrogen and oxygen atoms in total. The minimum absolute atomic E-state index is 0.0255. The fraction of sp³-hybridized carbons (Fsp3) is 0.0909. The number of nitro groups is 1. The molecule has 0 fully saturated rings. The zero-order valence-electron chi connectivity index (χ0n) is 10.1. The lowest BCUT2D eigenvalue weighted by Crippen LogP contribution is -2.01. The van der Waals surface area contributed by atoms with E-state index in [0.717, 1.165) is 0 Å². The summed E-state index contributed by atoms with van der Waals surface area (Å²) in [5, 5.41) is 23.7. The summed E-state index contributed by atoms with van der Waals surface area (Å²) in [7, 11) is 1.50. The summed E-state index contributed by atoms with van der Waals surface area (Å²) in [6.45, 7) is 0. The molecule has 0 saturated heterocycles. The summed E-state index contributed by atoms with van der Waals surface area (Å²) in [6.07, 6.45) is 1.18. The van der Waals surface area contributed by atoms with E-state index >= 15 is 0 Å². The topological polar surface area (TPSA) is 107 Å². The van der Waals surface area contributed by atoms with Crippen molar-refractivity contribution in [3.63, 3.8) is 0 Å². The van der Waals surface area contributed by atoms with Gasteiger partial charge in [0.2, 0.25) is 0 Å². The molecule has 1 aromatic carbocycles. The lowest BCUT2D eigenvalue weighted by molar-refractivity contribution is -0.385. The van der Waals surface area contributed by atoms with Gasteiger partial charge in [-0.2, -0.15) is 0 Å². The van der Waals surface area contributed by atoms with Crippen molar-refractivity contribution in [1.29, 1.82) is 0 Å². The van der Waals surface area contributed by atoms with Gasteiger partial charge in [0.25, 0.3) is 0 Å². The number of hydrogen-bond donors (Lipinski definition) is 1. The van der Waals surface area contributed by atoms with E-state index in [4.69, 9.17) is 9.84 Å². The Morgan fingerprint density at radius 3 is 2.85 bits per heavy atom. The average molecular weight is 342 g/mol. The molecule has 9 heteroatoms. The van der Waals surface area contributed by atoms with Crippen LogP contribution < -0.4 is 4.74 Å². The molecule has 1 heterocycles. The van der Waals surface area contributed by atoms with Crippen LogP contribution in [-0.2, 0) is 7.05 Å². The molecular formula is C11H8BrN3O5. The van der Waals surface area contributed by atoms with Crippen LogP contribution in [0.25, 0.3) is 0 Å². The Balaban J connectivity index is 2.45. The van der Waals surface area contributed by atoms with Gasteiger partial charge in [0.1, 0.15) is 17.5 Å². The molecule has 0 atom stereocenters. The van der Waals surface area contributed by atoms with Crippen molar-refractivity contribution in [1.82, 2.24) is 9.78 Å². The molecule has 0 spiro atoms. The minimum Gasteiger partial charge on any atom is -0.478 e. The van der Waals surface area contributed by atoms with Gasteiger partial charge < -0.3 is 9.84 Å². The number of aromatic nitrogens is 2. The van der Waals surface area contributed by atoms with Gasteiger partial charge >= 0.3 is 17.5 Å². The number of aromatic carboxylic acids is 1. The first-order valence-electron chi connectivity index (χ1n) is 5.27. The summed E-state index contributed by atoms with van der Waals surface area (Å²) in [6, 6.07) is 4.30.